The van der Waals surface area contributed by atoms with Crippen LogP contribution >= 0.6 is 0 Å². The number of Topliss-reactive ketones (excluding diaryl/α,β-unsaturated/α-hetero) is 1. The van der Waals surface area contributed by atoms with Crippen molar-refractivity contribution in [3.63, 3.8) is 0 Å². The van der Waals surface area contributed by atoms with E-state index in [0.29, 0.717) is 10.5 Å². The van der Waals surface area contributed by atoms with E-state index >= 15 is 0 Å². The van der Waals surface area contributed by atoms with Crippen molar-refractivity contribution >= 4 is 35.1 Å². The van der Waals surface area contributed by atoms with E-state index in [0.717, 1.165) is 0 Å². The van der Waals surface area contributed by atoms with Crippen molar-refractivity contribution < 1.29 is 29.1 Å². The van der Waals surface area contributed by atoms with E-state index in [-0.39, 0.29) is 16.8 Å². The standard InChI is InChI=1S/C20H15N3O6/c24-14-9-13(17(26)22-18(14)27)23-19(28)11-7-4-8-12(15(11)20(23)29)21-16(25)10-5-2-1-3-6-10/h1-8,13,18,27H,9H2,(H,21,25)(H,22,26). The number of imide groups is 1. The molecule has 146 valence electrons. The molecular weight excluding hydrogens is 378 g/mol. The Labute approximate surface area is 164 Å². The molecule has 9 heteroatoms. The lowest BCUT2D eigenvalue weighted by atomic mass is 10.0. The number of hydrogen-bond acceptors (Lipinski definition) is 6. The Morgan fingerprint density at radius 2 is 1.72 bits per heavy atom. The first-order valence-electron chi connectivity index (χ1n) is 8.77. The monoisotopic (exact) mass is 393 g/mol. The van der Waals surface area contributed by atoms with Crippen molar-refractivity contribution in [3.05, 3.63) is 65.2 Å². The van der Waals surface area contributed by atoms with Crippen LogP contribution in [0, 0.1) is 0 Å². The van der Waals surface area contributed by atoms with Crippen molar-refractivity contribution in [2.45, 2.75) is 18.7 Å². The van der Waals surface area contributed by atoms with Gasteiger partial charge < -0.3 is 15.7 Å². The fourth-order valence-electron chi connectivity index (χ4n) is 3.39. The van der Waals surface area contributed by atoms with Crippen molar-refractivity contribution in [2.75, 3.05) is 5.32 Å². The number of piperidine rings is 1. The van der Waals surface area contributed by atoms with Crippen LogP contribution in [0.3, 0.4) is 0 Å². The topological polar surface area (TPSA) is 133 Å². The van der Waals surface area contributed by atoms with Gasteiger partial charge in [0.05, 0.1) is 16.8 Å². The molecule has 2 aliphatic heterocycles. The van der Waals surface area contributed by atoms with Gasteiger partial charge in [-0.2, -0.15) is 0 Å². The lowest BCUT2D eigenvalue weighted by molar-refractivity contribution is -0.144. The Balaban J connectivity index is 1.66. The van der Waals surface area contributed by atoms with Crippen molar-refractivity contribution in [2.24, 2.45) is 0 Å². The van der Waals surface area contributed by atoms with Crippen molar-refractivity contribution in [1.29, 1.82) is 0 Å². The van der Waals surface area contributed by atoms with E-state index < -0.39 is 48.1 Å². The van der Waals surface area contributed by atoms with Crippen LogP contribution < -0.4 is 10.6 Å². The summed E-state index contributed by atoms with van der Waals surface area (Å²) in [6, 6.07) is 11.4. The minimum Gasteiger partial charge on any atom is -0.367 e. The number of nitrogens with zero attached hydrogens (tertiary/aromatic N) is 1. The minimum atomic E-state index is -1.66. The highest BCUT2D eigenvalue weighted by Gasteiger charge is 2.47. The molecule has 1 fully saturated rings. The van der Waals surface area contributed by atoms with E-state index in [1.165, 1.54) is 18.2 Å². The summed E-state index contributed by atoms with van der Waals surface area (Å²) < 4.78 is 0. The second-order valence-electron chi connectivity index (χ2n) is 6.63. The van der Waals surface area contributed by atoms with Gasteiger partial charge in [0.1, 0.15) is 6.04 Å². The van der Waals surface area contributed by atoms with Crippen molar-refractivity contribution in [3.8, 4) is 0 Å². The van der Waals surface area contributed by atoms with Gasteiger partial charge in [0, 0.05) is 12.0 Å². The van der Waals surface area contributed by atoms with Crippen LogP contribution in [0.1, 0.15) is 37.5 Å². The van der Waals surface area contributed by atoms with E-state index in [9.17, 15) is 29.1 Å². The molecule has 0 spiro atoms. The van der Waals surface area contributed by atoms with Gasteiger partial charge in [-0.1, -0.05) is 24.3 Å². The highest BCUT2D eigenvalue weighted by Crippen LogP contribution is 2.32. The van der Waals surface area contributed by atoms with Gasteiger partial charge in [-0.05, 0) is 24.3 Å². The molecule has 2 atom stereocenters. The Morgan fingerprint density at radius 3 is 2.45 bits per heavy atom. The zero-order valence-corrected chi connectivity index (χ0v) is 14.9. The first-order chi connectivity index (χ1) is 13.9. The molecule has 2 unspecified atom stereocenters. The van der Waals surface area contributed by atoms with Gasteiger partial charge in [0.25, 0.3) is 17.7 Å². The third kappa shape index (κ3) is 3.07. The third-order valence-corrected chi connectivity index (χ3v) is 4.82. The first kappa shape index (κ1) is 18.5. The number of hydrogen-bond donors (Lipinski definition) is 3. The van der Waals surface area contributed by atoms with Gasteiger partial charge in [-0.3, -0.25) is 28.9 Å². The number of fused-ring (bicyclic) bond motifs is 1. The first-order valence-corrected chi connectivity index (χ1v) is 8.77. The number of nitrogens with one attached hydrogen (secondary N) is 2. The number of amides is 4. The molecule has 29 heavy (non-hydrogen) atoms. The number of carbonyl (C=O) groups excluding carboxylic acids is 5. The molecule has 2 aromatic rings. The number of aliphatic hydroxyl groups excluding tert-OH is 1. The van der Waals surface area contributed by atoms with E-state index in [2.05, 4.69) is 5.32 Å². The van der Waals surface area contributed by atoms with Gasteiger partial charge in [0.15, 0.2) is 12.0 Å². The Kier molecular flexibility index (Phi) is 4.44. The molecule has 0 bridgehead atoms. The minimum absolute atomic E-state index is 0.0206. The predicted molar refractivity (Wildman–Crippen MR) is 98.9 cm³/mol. The molecule has 0 aromatic heterocycles. The predicted octanol–water partition coefficient (Wildman–Crippen LogP) is 0.311. The molecule has 4 amide bonds. The summed E-state index contributed by atoms with van der Waals surface area (Å²) in [6.07, 6.45) is -2.14. The summed E-state index contributed by atoms with van der Waals surface area (Å²) in [5.74, 6) is -3.51. The van der Waals surface area contributed by atoms with Gasteiger partial charge in [0.2, 0.25) is 5.91 Å². The summed E-state index contributed by atoms with van der Waals surface area (Å²) in [5, 5.41) is 14.1. The van der Waals surface area contributed by atoms with Crippen LogP contribution in [-0.2, 0) is 9.59 Å². The van der Waals surface area contributed by atoms with Crippen LogP contribution in [0.5, 0.6) is 0 Å². The Bertz CT molecular complexity index is 1070. The zero-order chi connectivity index (χ0) is 20.7. The summed E-state index contributed by atoms with van der Waals surface area (Å²) in [6.45, 7) is 0. The third-order valence-electron chi connectivity index (χ3n) is 4.82. The molecule has 2 heterocycles. The van der Waals surface area contributed by atoms with Crippen LogP contribution in [0.25, 0.3) is 0 Å². The van der Waals surface area contributed by atoms with E-state index in [1.54, 1.807) is 30.3 Å². The molecule has 4 rings (SSSR count). The number of carbonyl (C=O) groups is 5. The lowest BCUT2D eigenvalue weighted by Crippen LogP contribution is -2.59. The number of benzene rings is 2. The van der Waals surface area contributed by atoms with Crippen LogP contribution in [0.15, 0.2) is 48.5 Å². The molecule has 3 N–H and O–H groups in total. The second kappa shape index (κ2) is 6.95. The molecule has 1 saturated heterocycles. The van der Waals surface area contributed by atoms with Crippen LogP contribution in [0.2, 0.25) is 0 Å². The maximum atomic E-state index is 13.0. The SMILES string of the molecule is O=C(Nc1cccc2c1C(=O)N(C1CC(=O)C(O)NC1=O)C2=O)c1ccccc1. The largest absolute Gasteiger partial charge is 0.367 e. The number of anilines is 1. The number of aliphatic hydroxyl groups is 1. The quantitative estimate of drug-likeness (QED) is 0.643. The van der Waals surface area contributed by atoms with Crippen LogP contribution in [0.4, 0.5) is 5.69 Å². The number of rotatable bonds is 3. The number of ketones is 1. The fraction of sp³-hybridized carbons (Fsp3) is 0.150. The average Bonchev–Trinajstić information content (AvgIpc) is 2.97. The molecule has 0 aliphatic carbocycles. The van der Waals surface area contributed by atoms with Gasteiger partial charge >= 0.3 is 0 Å². The summed E-state index contributed by atoms with van der Waals surface area (Å²) >= 11 is 0. The molecular formula is C20H15N3O6. The molecule has 2 aromatic carbocycles. The summed E-state index contributed by atoms with van der Waals surface area (Å²) in [4.78, 5) is 62.9. The second-order valence-corrected chi connectivity index (χ2v) is 6.63. The zero-order valence-electron chi connectivity index (χ0n) is 14.9. The van der Waals surface area contributed by atoms with Crippen molar-refractivity contribution in [1.82, 2.24) is 10.2 Å². The molecule has 0 saturated carbocycles. The molecule has 0 radical (unpaired) electrons. The maximum absolute atomic E-state index is 13.0. The van der Waals surface area contributed by atoms with E-state index in [4.69, 9.17) is 0 Å². The fourth-order valence-corrected chi connectivity index (χ4v) is 3.39. The average molecular weight is 393 g/mol. The summed E-state index contributed by atoms with van der Waals surface area (Å²) in [7, 11) is 0. The highest BCUT2D eigenvalue weighted by atomic mass is 16.3. The highest BCUT2D eigenvalue weighted by molar-refractivity contribution is 6.26. The maximum Gasteiger partial charge on any atom is 0.264 e. The normalized spacial score (nSPS) is 21.1. The van der Waals surface area contributed by atoms with E-state index in [1.807, 2.05) is 5.32 Å². The van der Waals surface area contributed by atoms with Crippen LogP contribution in [-0.4, -0.2) is 51.7 Å². The Hall–Kier alpha value is -3.85. The Morgan fingerprint density at radius 1 is 1.00 bits per heavy atom. The lowest BCUT2D eigenvalue weighted by Gasteiger charge is -2.30. The molecule has 9 nitrogen and oxygen atoms in total. The molecule has 2 aliphatic rings. The summed E-state index contributed by atoms with van der Waals surface area (Å²) in [5.41, 5.74) is 0.463. The van der Waals surface area contributed by atoms with Gasteiger partial charge in [-0.15, -0.1) is 0 Å². The smallest absolute Gasteiger partial charge is 0.264 e. The van der Waals surface area contributed by atoms with Gasteiger partial charge in [-0.25, -0.2) is 0 Å².